The number of benzene rings is 1. The summed E-state index contributed by atoms with van der Waals surface area (Å²) in [5, 5.41) is 6.76. The molecule has 0 aliphatic rings. The summed E-state index contributed by atoms with van der Waals surface area (Å²) in [6.07, 6.45) is 0.226. The van der Waals surface area contributed by atoms with Gasteiger partial charge >= 0.3 is 0 Å². The molecule has 0 spiro atoms. The number of rotatable bonds is 3. The van der Waals surface area contributed by atoms with Crippen LogP contribution >= 0.6 is 0 Å². The van der Waals surface area contributed by atoms with Crippen molar-refractivity contribution in [2.75, 3.05) is 5.32 Å². The molecule has 100 valence electrons. The van der Waals surface area contributed by atoms with Crippen LogP contribution in [-0.2, 0) is 11.2 Å². The first kappa shape index (κ1) is 13.3. The van der Waals surface area contributed by atoms with Crippen molar-refractivity contribution in [2.45, 2.75) is 34.1 Å². The number of hydrogen-bond donors (Lipinski definition) is 1. The average molecular weight is 258 g/mol. The third kappa shape index (κ3) is 3.22. The summed E-state index contributed by atoms with van der Waals surface area (Å²) in [6, 6.07) is 5.89. The molecular weight excluding hydrogens is 240 g/mol. The lowest BCUT2D eigenvalue weighted by Crippen LogP contribution is -2.16. The Balaban J connectivity index is 2.11. The maximum Gasteiger partial charge on any atom is 0.230 e. The minimum absolute atomic E-state index is 0.0802. The Labute approximate surface area is 112 Å². The minimum atomic E-state index is -0.0802. The lowest BCUT2D eigenvalue weighted by Gasteiger charge is -2.12. The largest absolute Gasteiger partial charge is 0.361 e. The van der Waals surface area contributed by atoms with Crippen LogP contribution in [0, 0.1) is 27.7 Å². The molecule has 0 saturated carbocycles. The van der Waals surface area contributed by atoms with Crippen molar-refractivity contribution < 1.29 is 9.32 Å². The Morgan fingerprint density at radius 3 is 2.32 bits per heavy atom. The monoisotopic (exact) mass is 258 g/mol. The van der Waals surface area contributed by atoms with E-state index in [-0.39, 0.29) is 12.3 Å². The maximum atomic E-state index is 12.0. The molecule has 4 nitrogen and oxygen atoms in total. The highest BCUT2D eigenvalue weighted by atomic mass is 16.5. The number of carbonyl (C=O) groups is 1. The zero-order valence-electron chi connectivity index (χ0n) is 11.7. The van der Waals surface area contributed by atoms with Gasteiger partial charge in [-0.25, -0.2) is 0 Å². The van der Waals surface area contributed by atoms with Crippen molar-refractivity contribution in [3.05, 3.63) is 46.3 Å². The topological polar surface area (TPSA) is 55.1 Å². The van der Waals surface area contributed by atoms with Gasteiger partial charge in [-0.15, -0.1) is 0 Å². The molecule has 4 heteroatoms. The summed E-state index contributed by atoms with van der Waals surface area (Å²) in [5.41, 5.74) is 4.87. The molecule has 1 aromatic carbocycles. The van der Waals surface area contributed by atoms with Crippen LogP contribution in [0.15, 0.2) is 22.7 Å². The molecule has 2 rings (SSSR count). The predicted octanol–water partition coefficient (Wildman–Crippen LogP) is 3.09. The fourth-order valence-corrected chi connectivity index (χ4v) is 2.23. The molecular formula is C15H18N2O2. The number of aryl methyl sites for hydroxylation is 4. The fourth-order valence-electron chi connectivity index (χ4n) is 2.23. The first-order valence-corrected chi connectivity index (χ1v) is 6.25. The number of carbonyl (C=O) groups excluding carboxylic acids is 1. The molecule has 0 radical (unpaired) electrons. The Kier molecular flexibility index (Phi) is 3.69. The summed E-state index contributed by atoms with van der Waals surface area (Å²) >= 11 is 0. The fraction of sp³-hybridized carbons (Fsp3) is 0.333. The molecule has 0 aliphatic heterocycles. The Hall–Kier alpha value is -2.10. The van der Waals surface area contributed by atoms with E-state index in [4.69, 9.17) is 4.52 Å². The Morgan fingerprint density at radius 1 is 1.16 bits per heavy atom. The zero-order valence-corrected chi connectivity index (χ0v) is 11.7. The van der Waals surface area contributed by atoms with Crippen LogP contribution in [0.2, 0.25) is 0 Å². The molecule has 1 heterocycles. The van der Waals surface area contributed by atoms with Crippen LogP contribution in [0.4, 0.5) is 5.69 Å². The molecule has 19 heavy (non-hydrogen) atoms. The van der Waals surface area contributed by atoms with Crippen molar-refractivity contribution in [1.29, 1.82) is 0 Å². The van der Waals surface area contributed by atoms with Crippen molar-refractivity contribution in [3.8, 4) is 0 Å². The summed E-state index contributed by atoms with van der Waals surface area (Å²) < 4.78 is 4.95. The quantitative estimate of drug-likeness (QED) is 0.920. The molecule has 0 saturated heterocycles. The highest BCUT2D eigenvalue weighted by Crippen LogP contribution is 2.22. The molecule has 0 atom stereocenters. The van der Waals surface area contributed by atoms with Crippen molar-refractivity contribution in [2.24, 2.45) is 0 Å². The average Bonchev–Trinajstić information content (AvgIpc) is 2.69. The van der Waals surface area contributed by atoms with Crippen molar-refractivity contribution in [3.63, 3.8) is 0 Å². The number of nitrogens with one attached hydrogen (secondary N) is 1. The van der Waals surface area contributed by atoms with E-state index in [9.17, 15) is 4.79 Å². The van der Waals surface area contributed by atoms with Crippen LogP contribution in [0.25, 0.3) is 0 Å². The number of anilines is 1. The van der Waals surface area contributed by atoms with Gasteiger partial charge in [0, 0.05) is 11.8 Å². The number of hydrogen-bond acceptors (Lipinski definition) is 3. The molecule has 1 amide bonds. The molecule has 1 aromatic heterocycles. The lowest BCUT2D eigenvalue weighted by atomic mass is 10.0. The van der Waals surface area contributed by atoms with Gasteiger partial charge in [0.2, 0.25) is 5.91 Å². The van der Waals surface area contributed by atoms with E-state index in [1.165, 1.54) is 5.56 Å². The van der Waals surface area contributed by atoms with Crippen LogP contribution < -0.4 is 5.32 Å². The van der Waals surface area contributed by atoms with E-state index in [1.807, 2.05) is 27.7 Å². The highest BCUT2D eigenvalue weighted by molar-refractivity contribution is 5.93. The van der Waals surface area contributed by atoms with E-state index in [0.717, 1.165) is 16.8 Å². The van der Waals surface area contributed by atoms with Gasteiger partial charge in [-0.1, -0.05) is 22.9 Å². The Bertz CT molecular complexity index is 591. The molecule has 2 aromatic rings. The van der Waals surface area contributed by atoms with Crippen LogP contribution in [-0.4, -0.2) is 11.1 Å². The second kappa shape index (κ2) is 5.26. The summed E-state index contributed by atoms with van der Waals surface area (Å²) in [7, 11) is 0. The third-order valence-electron chi connectivity index (χ3n) is 2.96. The van der Waals surface area contributed by atoms with Crippen LogP contribution in [0.1, 0.15) is 28.1 Å². The first-order valence-electron chi connectivity index (χ1n) is 6.25. The Morgan fingerprint density at radius 2 is 1.79 bits per heavy atom. The number of aromatic nitrogens is 1. The normalized spacial score (nSPS) is 10.5. The molecule has 0 fully saturated rings. The van der Waals surface area contributed by atoms with Gasteiger partial charge in [-0.05, 0) is 38.8 Å². The molecule has 0 unspecified atom stereocenters. The van der Waals surface area contributed by atoms with Gasteiger partial charge in [-0.3, -0.25) is 4.79 Å². The summed E-state index contributed by atoms with van der Waals surface area (Å²) in [4.78, 5) is 12.0. The van der Waals surface area contributed by atoms with Crippen LogP contribution in [0.3, 0.4) is 0 Å². The number of amides is 1. The van der Waals surface area contributed by atoms with E-state index in [1.54, 1.807) is 6.07 Å². The van der Waals surface area contributed by atoms with Gasteiger partial charge in [0.05, 0.1) is 12.1 Å². The van der Waals surface area contributed by atoms with Gasteiger partial charge in [0.25, 0.3) is 0 Å². The standard InChI is InChI=1S/C15H18N2O2/c1-9-5-10(2)15(11(3)6-9)16-14(18)8-13-7-12(4)19-17-13/h5-7H,8H2,1-4H3,(H,16,18). The zero-order chi connectivity index (χ0) is 14.0. The lowest BCUT2D eigenvalue weighted by molar-refractivity contribution is -0.115. The van der Waals surface area contributed by atoms with Crippen LogP contribution in [0.5, 0.6) is 0 Å². The van der Waals surface area contributed by atoms with E-state index < -0.39 is 0 Å². The molecule has 1 N–H and O–H groups in total. The summed E-state index contributed by atoms with van der Waals surface area (Å²) in [6.45, 7) is 7.85. The van der Waals surface area contributed by atoms with Crippen molar-refractivity contribution in [1.82, 2.24) is 5.16 Å². The second-order valence-corrected chi connectivity index (χ2v) is 4.93. The smallest absolute Gasteiger partial charge is 0.230 e. The maximum absolute atomic E-state index is 12.0. The minimum Gasteiger partial charge on any atom is -0.361 e. The summed E-state index contributed by atoms with van der Waals surface area (Å²) in [5.74, 6) is 0.633. The second-order valence-electron chi connectivity index (χ2n) is 4.93. The van der Waals surface area contributed by atoms with Gasteiger partial charge < -0.3 is 9.84 Å². The SMILES string of the molecule is Cc1cc(C)c(NC(=O)Cc2cc(C)on2)c(C)c1. The molecule has 0 aliphatic carbocycles. The van der Waals surface area contributed by atoms with Gasteiger partial charge in [0.1, 0.15) is 5.76 Å². The first-order chi connectivity index (χ1) is 8.95. The number of nitrogens with zero attached hydrogens (tertiary/aromatic N) is 1. The molecule has 0 bridgehead atoms. The van der Waals surface area contributed by atoms with Gasteiger partial charge in [0.15, 0.2) is 0 Å². The van der Waals surface area contributed by atoms with E-state index in [2.05, 4.69) is 22.6 Å². The van der Waals surface area contributed by atoms with Crippen molar-refractivity contribution >= 4 is 11.6 Å². The third-order valence-corrected chi connectivity index (χ3v) is 2.96. The van der Waals surface area contributed by atoms with E-state index in [0.29, 0.717) is 11.5 Å². The highest BCUT2D eigenvalue weighted by Gasteiger charge is 2.11. The van der Waals surface area contributed by atoms with Gasteiger partial charge in [-0.2, -0.15) is 0 Å². The predicted molar refractivity (Wildman–Crippen MR) is 74.2 cm³/mol. The van der Waals surface area contributed by atoms with E-state index >= 15 is 0 Å².